The molecule has 1 aromatic rings. The van der Waals surface area contributed by atoms with E-state index < -0.39 is 6.61 Å². The van der Waals surface area contributed by atoms with Crippen molar-refractivity contribution in [3.05, 3.63) is 35.4 Å². The van der Waals surface area contributed by atoms with Gasteiger partial charge in [-0.05, 0) is 12.0 Å². The van der Waals surface area contributed by atoms with Crippen molar-refractivity contribution in [3.63, 3.8) is 0 Å². The van der Waals surface area contributed by atoms with Crippen molar-refractivity contribution in [2.24, 2.45) is 0 Å². The maximum atomic E-state index is 11.1. The highest BCUT2D eigenvalue weighted by Crippen LogP contribution is 2.09. The number of hydrogen-bond donors (Lipinski definition) is 1. The molecule has 1 aromatic carbocycles. The first-order chi connectivity index (χ1) is 5.79. The molecule has 2 heteroatoms. The third-order valence-corrected chi connectivity index (χ3v) is 1.84. The molecule has 0 atom stereocenters. The van der Waals surface area contributed by atoms with Gasteiger partial charge in [0.05, 0.1) is 0 Å². The average Bonchev–Trinajstić information content (AvgIpc) is 2.16. The molecule has 2 nitrogen and oxygen atoms in total. The number of aryl methyl sites for hydroxylation is 1. The second-order valence-electron chi connectivity index (χ2n) is 2.59. The number of aliphatic hydroxyl groups excluding tert-OH is 1. The Morgan fingerprint density at radius 1 is 1.42 bits per heavy atom. The quantitative estimate of drug-likeness (QED) is 0.686. The maximum absolute atomic E-state index is 11.1. The molecule has 1 rings (SSSR count). The van der Waals surface area contributed by atoms with Crippen molar-refractivity contribution in [1.29, 1.82) is 0 Å². The van der Waals surface area contributed by atoms with Crippen LogP contribution in [0.3, 0.4) is 0 Å². The van der Waals surface area contributed by atoms with Gasteiger partial charge in [-0.15, -0.1) is 0 Å². The molecule has 0 amide bonds. The van der Waals surface area contributed by atoms with E-state index in [1.54, 1.807) is 6.07 Å². The Bertz CT molecular complexity index is 279. The highest BCUT2D eigenvalue weighted by Gasteiger charge is 2.06. The molecule has 0 aliphatic rings. The lowest BCUT2D eigenvalue weighted by Crippen LogP contribution is -2.07. The number of benzene rings is 1. The van der Waals surface area contributed by atoms with Crippen molar-refractivity contribution < 1.29 is 9.90 Å². The predicted molar refractivity (Wildman–Crippen MR) is 47.2 cm³/mol. The molecule has 0 radical (unpaired) electrons. The second-order valence-corrected chi connectivity index (χ2v) is 2.59. The lowest BCUT2D eigenvalue weighted by atomic mass is 10.0. The summed E-state index contributed by atoms with van der Waals surface area (Å²) in [5.74, 6) is -0.201. The number of aliphatic hydroxyl groups is 1. The molecule has 1 N–H and O–H groups in total. The molecule has 0 aliphatic heterocycles. The topological polar surface area (TPSA) is 37.3 Å². The summed E-state index contributed by atoms with van der Waals surface area (Å²) >= 11 is 0. The van der Waals surface area contributed by atoms with Gasteiger partial charge in [0.1, 0.15) is 6.61 Å². The highest BCUT2D eigenvalue weighted by atomic mass is 16.3. The van der Waals surface area contributed by atoms with Gasteiger partial charge in [0, 0.05) is 5.56 Å². The van der Waals surface area contributed by atoms with E-state index >= 15 is 0 Å². The largest absolute Gasteiger partial charge is 0.388 e. The minimum Gasteiger partial charge on any atom is -0.388 e. The zero-order valence-corrected chi connectivity index (χ0v) is 7.08. The average molecular weight is 164 g/mol. The molecule has 12 heavy (non-hydrogen) atoms. The van der Waals surface area contributed by atoms with Crippen molar-refractivity contribution in [2.75, 3.05) is 6.61 Å². The van der Waals surface area contributed by atoms with Crippen LogP contribution < -0.4 is 0 Å². The Hall–Kier alpha value is -1.15. The SMILES string of the molecule is CCc1ccccc1C(=O)CO. The Morgan fingerprint density at radius 3 is 2.67 bits per heavy atom. The molecular weight excluding hydrogens is 152 g/mol. The lowest BCUT2D eigenvalue weighted by molar-refractivity contribution is 0.0903. The molecule has 0 aromatic heterocycles. The molecule has 0 unspecified atom stereocenters. The van der Waals surface area contributed by atoms with Crippen LogP contribution in [0.2, 0.25) is 0 Å². The molecule has 0 spiro atoms. The first-order valence-corrected chi connectivity index (χ1v) is 4.01. The van der Waals surface area contributed by atoms with Crippen LogP contribution in [0.15, 0.2) is 24.3 Å². The van der Waals surface area contributed by atoms with Gasteiger partial charge in [-0.1, -0.05) is 31.2 Å². The number of Topliss-reactive ketones (excluding diaryl/α,β-unsaturated/α-hetero) is 1. The van der Waals surface area contributed by atoms with E-state index in [0.717, 1.165) is 12.0 Å². The standard InChI is InChI=1S/C10H12O2/c1-2-8-5-3-4-6-9(8)10(12)7-11/h3-6,11H,2,7H2,1H3. The van der Waals surface area contributed by atoms with Gasteiger partial charge in [-0.2, -0.15) is 0 Å². The van der Waals surface area contributed by atoms with E-state index in [2.05, 4.69) is 0 Å². The summed E-state index contributed by atoms with van der Waals surface area (Å²) < 4.78 is 0. The summed E-state index contributed by atoms with van der Waals surface area (Å²) in [7, 11) is 0. The van der Waals surface area contributed by atoms with E-state index in [1.165, 1.54) is 0 Å². The van der Waals surface area contributed by atoms with E-state index in [-0.39, 0.29) is 5.78 Å². The Kier molecular flexibility index (Phi) is 3.00. The van der Waals surface area contributed by atoms with Gasteiger partial charge in [0.2, 0.25) is 0 Å². The normalized spacial score (nSPS) is 9.83. The van der Waals surface area contributed by atoms with E-state index in [4.69, 9.17) is 5.11 Å². The van der Waals surface area contributed by atoms with Crippen LogP contribution in [0, 0.1) is 0 Å². The highest BCUT2D eigenvalue weighted by molar-refractivity contribution is 5.98. The van der Waals surface area contributed by atoms with Gasteiger partial charge in [0.25, 0.3) is 0 Å². The van der Waals surface area contributed by atoms with Crippen LogP contribution in [0.25, 0.3) is 0 Å². The molecule has 0 heterocycles. The van der Waals surface area contributed by atoms with Crippen molar-refractivity contribution in [2.45, 2.75) is 13.3 Å². The monoisotopic (exact) mass is 164 g/mol. The summed E-state index contributed by atoms with van der Waals surface area (Å²) in [6.45, 7) is 1.58. The van der Waals surface area contributed by atoms with Crippen LogP contribution in [-0.4, -0.2) is 17.5 Å². The van der Waals surface area contributed by atoms with Crippen LogP contribution in [-0.2, 0) is 6.42 Å². The van der Waals surface area contributed by atoms with Crippen LogP contribution in [0.4, 0.5) is 0 Å². The maximum Gasteiger partial charge on any atom is 0.188 e. The van der Waals surface area contributed by atoms with Crippen molar-refractivity contribution in [1.82, 2.24) is 0 Å². The van der Waals surface area contributed by atoms with Gasteiger partial charge in [-0.3, -0.25) is 4.79 Å². The second kappa shape index (κ2) is 4.02. The van der Waals surface area contributed by atoms with Gasteiger partial charge in [-0.25, -0.2) is 0 Å². The Morgan fingerprint density at radius 2 is 2.08 bits per heavy atom. The van der Waals surface area contributed by atoms with Crippen LogP contribution in [0.5, 0.6) is 0 Å². The zero-order valence-electron chi connectivity index (χ0n) is 7.08. The van der Waals surface area contributed by atoms with E-state index in [1.807, 2.05) is 25.1 Å². The summed E-state index contributed by atoms with van der Waals surface area (Å²) in [5, 5.41) is 8.66. The molecule has 64 valence electrons. The number of carbonyl (C=O) groups is 1. The molecule has 0 saturated heterocycles. The van der Waals surface area contributed by atoms with E-state index in [9.17, 15) is 4.79 Å². The molecule has 0 fully saturated rings. The number of carbonyl (C=O) groups excluding carboxylic acids is 1. The summed E-state index contributed by atoms with van der Waals surface area (Å²) in [6, 6.07) is 7.36. The third kappa shape index (κ3) is 1.71. The number of hydrogen-bond acceptors (Lipinski definition) is 2. The molecule has 0 saturated carbocycles. The zero-order chi connectivity index (χ0) is 8.97. The minimum absolute atomic E-state index is 0.201. The third-order valence-electron chi connectivity index (χ3n) is 1.84. The van der Waals surface area contributed by atoms with Crippen LogP contribution in [0.1, 0.15) is 22.8 Å². The summed E-state index contributed by atoms with van der Waals surface area (Å²) in [4.78, 5) is 11.1. The summed E-state index contributed by atoms with van der Waals surface area (Å²) in [5.41, 5.74) is 1.64. The number of ketones is 1. The summed E-state index contributed by atoms with van der Waals surface area (Å²) in [6.07, 6.45) is 0.821. The van der Waals surface area contributed by atoms with Gasteiger partial charge < -0.3 is 5.11 Å². The molecule has 0 aliphatic carbocycles. The van der Waals surface area contributed by atoms with Crippen molar-refractivity contribution >= 4 is 5.78 Å². The fourth-order valence-corrected chi connectivity index (χ4v) is 1.19. The Balaban J connectivity index is 3.04. The predicted octanol–water partition coefficient (Wildman–Crippen LogP) is 1.42. The van der Waals surface area contributed by atoms with Gasteiger partial charge >= 0.3 is 0 Å². The number of rotatable bonds is 3. The Labute approximate surface area is 71.8 Å². The first kappa shape index (κ1) is 8.94. The van der Waals surface area contributed by atoms with Crippen LogP contribution >= 0.6 is 0 Å². The smallest absolute Gasteiger partial charge is 0.188 e. The minimum atomic E-state index is -0.406. The van der Waals surface area contributed by atoms with Crippen molar-refractivity contribution in [3.8, 4) is 0 Å². The molecule has 0 bridgehead atoms. The van der Waals surface area contributed by atoms with Gasteiger partial charge in [0.15, 0.2) is 5.78 Å². The fourth-order valence-electron chi connectivity index (χ4n) is 1.19. The van der Waals surface area contributed by atoms with E-state index in [0.29, 0.717) is 5.56 Å². The molecular formula is C10H12O2. The lowest BCUT2D eigenvalue weighted by Gasteiger charge is -2.03. The first-order valence-electron chi connectivity index (χ1n) is 4.01. The fraction of sp³-hybridized carbons (Fsp3) is 0.300.